The maximum atomic E-state index is 13.1. The monoisotopic (exact) mass is 407 g/mol. The number of hydrogen-bond donors (Lipinski definition) is 2. The first kappa shape index (κ1) is 21.6. The Morgan fingerprint density at radius 2 is 1.90 bits per heavy atom. The zero-order chi connectivity index (χ0) is 21.5. The van der Waals surface area contributed by atoms with Crippen LogP contribution in [0.1, 0.15) is 58.9 Å². The van der Waals surface area contributed by atoms with Crippen LogP contribution < -0.4 is 10.6 Å². The molecule has 0 spiro atoms. The summed E-state index contributed by atoms with van der Waals surface area (Å²) < 4.78 is 0. The van der Waals surface area contributed by atoms with Crippen LogP contribution in [0.15, 0.2) is 48.5 Å². The van der Waals surface area contributed by atoms with E-state index in [2.05, 4.69) is 17.6 Å². The van der Waals surface area contributed by atoms with Gasteiger partial charge in [-0.15, -0.1) is 0 Å². The number of carbonyl (C=O) groups excluding carboxylic acids is 3. The van der Waals surface area contributed by atoms with Gasteiger partial charge in [0.05, 0.1) is 0 Å². The molecule has 2 aromatic carbocycles. The minimum atomic E-state index is -0.431. The fourth-order valence-electron chi connectivity index (χ4n) is 3.71. The molecule has 30 heavy (non-hydrogen) atoms. The van der Waals surface area contributed by atoms with Gasteiger partial charge < -0.3 is 15.5 Å². The van der Waals surface area contributed by atoms with Crippen molar-refractivity contribution in [2.45, 2.75) is 45.6 Å². The van der Waals surface area contributed by atoms with Crippen LogP contribution in [-0.4, -0.2) is 41.8 Å². The Labute approximate surface area is 177 Å². The third-order valence-electron chi connectivity index (χ3n) is 5.40. The highest BCUT2D eigenvalue weighted by atomic mass is 16.2. The number of amides is 3. The highest BCUT2D eigenvalue weighted by Crippen LogP contribution is 2.22. The minimum Gasteiger partial charge on any atom is -0.354 e. The van der Waals surface area contributed by atoms with Gasteiger partial charge in [-0.1, -0.05) is 37.6 Å². The van der Waals surface area contributed by atoms with Crippen LogP contribution in [0.3, 0.4) is 0 Å². The molecule has 6 heteroatoms. The molecule has 158 valence electrons. The topological polar surface area (TPSA) is 78.5 Å². The summed E-state index contributed by atoms with van der Waals surface area (Å²) >= 11 is 0. The van der Waals surface area contributed by atoms with Crippen molar-refractivity contribution in [2.24, 2.45) is 0 Å². The van der Waals surface area contributed by atoms with Crippen LogP contribution in [0.2, 0.25) is 0 Å². The van der Waals surface area contributed by atoms with Crippen molar-refractivity contribution < 1.29 is 14.4 Å². The van der Waals surface area contributed by atoms with Gasteiger partial charge in [0.1, 0.15) is 6.04 Å². The molecule has 0 aromatic heterocycles. The Morgan fingerprint density at radius 3 is 2.67 bits per heavy atom. The molecule has 1 unspecified atom stereocenters. The average Bonchev–Trinajstić information content (AvgIpc) is 3.24. The maximum Gasteiger partial charge on any atom is 0.255 e. The molecule has 0 saturated carbocycles. The second-order valence-corrected chi connectivity index (χ2v) is 7.65. The molecule has 3 amide bonds. The fraction of sp³-hybridized carbons (Fsp3) is 0.375. The number of anilines is 1. The van der Waals surface area contributed by atoms with Gasteiger partial charge in [-0.25, -0.2) is 0 Å². The summed E-state index contributed by atoms with van der Waals surface area (Å²) in [6, 6.07) is 13.8. The number of hydrogen-bond acceptors (Lipinski definition) is 3. The van der Waals surface area contributed by atoms with Crippen molar-refractivity contribution >= 4 is 23.4 Å². The summed E-state index contributed by atoms with van der Waals surface area (Å²) in [5.74, 6) is -0.486. The number of nitrogens with one attached hydrogen (secondary N) is 2. The molecule has 1 fully saturated rings. The van der Waals surface area contributed by atoms with Crippen molar-refractivity contribution in [3.8, 4) is 0 Å². The van der Waals surface area contributed by atoms with Gasteiger partial charge in [-0.05, 0) is 56.0 Å². The summed E-state index contributed by atoms with van der Waals surface area (Å²) in [5, 5.41) is 5.80. The van der Waals surface area contributed by atoms with Gasteiger partial charge in [0.2, 0.25) is 5.91 Å². The van der Waals surface area contributed by atoms with Gasteiger partial charge >= 0.3 is 0 Å². The van der Waals surface area contributed by atoms with E-state index < -0.39 is 6.04 Å². The molecule has 3 rings (SSSR count). The van der Waals surface area contributed by atoms with Crippen LogP contribution in [0.5, 0.6) is 0 Å². The molecular weight excluding hydrogens is 378 g/mol. The number of nitrogens with zero attached hydrogens (tertiary/aromatic N) is 1. The molecule has 1 aliphatic rings. The number of rotatable bonds is 7. The van der Waals surface area contributed by atoms with Gasteiger partial charge in [-0.2, -0.15) is 0 Å². The molecule has 0 radical (unpaired) electrons. The lowest BCUT2D eigenvalue weighted by Crippen LogP contribution is -2.46. The van der Waals surface area contributed by atoms with Crippen molar-refractivity contribution in [1.29, 1.82) is 0 Å². The molecule has 2 N–H and O–H groups in total. The van der Waals surface area contributed by atoms with Gasteiger partial charge in [0.25, 0.3) is 11.8 Å². The van der Waals surface area contributed by atoms with Crippen molar-refractivity contribution in [2.75, 3.05) is 18.4 Å². The molecular formula is C24H29N3O3. The first-order valence-electron chi connectivity index (χ1n) is 10.6. The normalized spacial score (nSPS) is 15.7. The molecule has 1 saturated heterocycles. The first-order chi connectivity index (χ1) is 14.5. The Hall–Kier alpha value is -3.15. The van der Waals surface area contributed by atoms with Gasteiger partial charge in [0, 0.05) is 29.9 Å². The lowest BCUT2D eigenvalue weighted by molar-refractivity contribution is -0.124. The fourth-order valence-corrected chi connectivity index (χ4v) is 3.71. The zero-order valence-corrected chi connectivity index (χ0v) is 17.6. The Kier molecular flexibility index (Phi) is 7.22. The second kappa shape index (κ2) is 10.1. The second-order valence-electron chi connectivity index (χ2n) is 7.65. The largest absolute Gasteiger partial charge is 0.354 e. The number of unbranched alkanes of at least 4 members (excludes halogenated alkanes) is 1. The minimum absolute atomic E-state index is 0.0849. The number of aryl methyl sites for hydroxylation is 1. The van der Waals surface area contributed by atoms with E-state index in [-0.39, 0.29) is 17.7 Å². The van der Waals surface area contributed by atoms with E-state index in [4.69, 9.17) is 0 Å². The molecule has 1 atom stereocenters. The number of benzene rings is 2. The lowest BCUT2D eigenvalue weighted by Gasteiger charge is -2.24. The lowest BCUT2D eigenvalue weighted by atomic mass is 10.1. The highest BCUT2D eigenvalue weighted by Gasteiger charge is 2.34. The Bertz CT molecular complexity index is 925. The van der Waals surface area contributed by atoms with Crippen LogP contribution in [0, 0.1) is 6.92 Å². The van der Waals surface area contributed by atoms with Crippen LogP contribution in [0.25, 0.3) is 0 Å². The average molecular weight is 408 g/mol. The van der Waals surface area contributed by atoms with E-state index in [1.54, 1.807) is 35.2 Å². The van der Waals surface area contributed by atoms with E-state index in [0.717, 1.165) is 24.8 Å². The van der Waals surface area contributed by atoms with E-state index in [1.807, 2.05) is 25.1 Å². The quantitative estimate of drug-likeness (QED) is 0.686. The zero-order valence-electron chi connectivity index (χ0n) is 17.6. The Morgan fingerprint density at radius 1 is 1.10 bits per heavy atom. The summed E-state index contributed by atoms with van der Waals surface area (Å²) in [7, 11) is 0. The molecule has 1 aliphatic heterocycles. The number of carbonyl (C=O) groups is 3. The summed E-state index contributed by atoms with van der Waals surface area (Å²) in [6.45, 7) is 5.15. The SMILES string of the molecule is CCCCNC(=O)C1CCCN1C(=O)c1cccc(NC(=O)c2ccccc2C)c1. The predicted octanol–water partition coefficient (Wildman–Crippen LogP) is 3.77. The van der Waals surface area contributed by atoms with Crippen molar-refractivity contribution in [1.82, 2.24) is 10.2 Å². The molecule has 1 heterocycles. The summed E-state index contributed by atoms with van der Waals surface area (Å²) in [4.78, 5) is 39.8. The van der Waals surface area contributed by atoms with Crippen LogP contribution in [-0.2, 0) is 4.79 Å². The van der Waals surface area contributed by atoms with Crippen LogP contribution >= 0.6 is 0 Å². The number of likely N-dealkylation sites (tertiary alicyclic amines) is 1. The summed E-state index contributed by atoms with van der Waals surface area (Å²) in [6.07, 6.45) is 3.42. The molecule has 6 nitrogen and oxygen atoms in total. The van der Waals surface area contributed by atoms with E-state index in [0.29, 0.717) is 36.3 Å². The molecule has 2 aromatic rings. The third-order valence-corrected chi connectivity index (χ3v) is 5.40. The highest BCUT2D eigenvalue weighted by molar-refractivity contribution is 6.06. The molecule has 0 bridgehead atoms. The van der Waals surface area contributed by atoms with E-state index in [9.17, 15) is 14.4 Å². The van der Waals surface area contributed by atoms with Gasteiger partial charge in [-0.3, -0.25) is 14.4 Å². The Balaban J connectivity index is 1.70. The predicted molar refractivity (Wildman–Crippen MR) is 118 cm³/mol. The maximum absolute atomic E-state index is 13.1. The standard InChI is InChI=1S/C24H29N3O3/c1-3-4-14-25-23(29)21-13-8-15-27(21)24(30)18-10-7-11-19(16-18)26-22(28)20-12-6-5-9-17(20)2/h5-7,9-12,16,21H,3-4,8,13-15H2,1-2H3,(H,25,29)(H,26,28). The molecule has 0 aliphatic carbocycles. The summed E-state index contributed by atoms with van der Waals surface area (Å²) in [5.41, 5.74) is 2.50. The van der Waals surface area contributed by atoms with E-state index >= 15 is 0 Å². The first-order valence-corrected chi connectivity index (χ1v) is 10.6. The smallest absolute Gasteiger partial charge is 0.255 e. The van der Waals surface area contributed by atoms with Crippen molar-refractivity contribution in [3.63, 3.8) is 0 Å². The van der Waals surface area contributed by atoms with Crippen molar-refractivity contribution in [3.05, 3.63) is 65.2 Å². The van der Waals surface area contributed by atoms with E-state index in [1.165, 1.54) is 0 Å². The van der Waals surface area contributed by atoms with Crippen LogP contribution in [0.4, 0.5) is 5.69 Å². The van der Waals surface area contributed by atoms with Gasteiger partial charge in [0.15, 0.2) is 0 Å². The third kappa shape index (κ3) is 5.06.